The number of amides is 1. The van der Waals surface area contributed by atoms with Crippen LogP contribution < -0.4 is 15.4 Å². The molecule has 0 spiro atoms. The summed E-state index contributed by atoms with van der Waals surface area (Å²) in [7, 11) is 3.08. The van der Waals surface area contributed by atoms with Crippen LogP contribution in [0.3, 0.4) is 0 Å². The Balaban J connectivity index is 2.33. The van der Waals surface area contributed by atoms with E-state index in [1.165, 1.54) is 24.1 Å². The highest BCUT2D eigenvalue weighted by atomic mass is 19.1. The number of nitrogens with two attached hydrogens (primary N) is 1. The Bertz CT molecular complexity index is 644. The molecule has 0 atom stereocenters. The molecule has 2 aromatic carbocycles. The van der Waals surface area contributed by atoms with Gasteiger partial charge in [0.25, 0.3) is 5.91 Å². The Morgan fingerprint density at radius 3 is 2.65 bits per heavy atom. The summed E-state index contributed by atoms with van der Waals surface area (Å²) in [6.45, 7) is 0. The van der Waals surface area contributed by atoms with Gasteiger partial charge in [-0.1, -0.05) is 6.07 Å². The van der Waals surface area contributed by atoms with E-state index in [0.29, 0.717) is 22.7 Å². The first-order valence-electron chi connectivity index (χ1n) is 5.99. The monoisotopic (exact) mass is 274 g/mol. The number of anilines is 2. The summed E-state index contributed by atoms with van der Waals surface area (Å²) in [5.41, 5.74) is 7.01. The van der Waals surface area contributed by atoms with Crippen molar-refractivity contribution < 1.29 is 13.9 Å². The molecule has 0 radical (unpaired) electrons. The SMILES string of the molecule is COc1cc(N)cc(C(=O)N(C)c2cccc(F)c2)c1. The number of carbonyl (C=O) groups excluding carboxylic acids is 1. The van der Waals surface area contributed by atoms with Crippen LogP contribution >= 0.6 is 0 Å². The average molecular weight is 274 g/mol. The quantitative estimate of drug-likeness (QED) is 0.875. The van der Waals surface area contributed by atoms with Gasteiger partial charge in [0, 0.05) is 30.1 Å². The fraction of sp³-hybridized carbons (Fsp3) is 0.133. The number of rotatable bonds is 3. The lowest BCUT2D eigenvalue weighted by Gasteiger charge is -2.18. The van der Waals surface area contributed by atoms with Crippen LogP contribution in [0.15, 0.2) is 42.5 Å². The van der Waals surface area contributed by atoms with Gasteiger partial charge in [0.05, 0.1) is 7.11 Å². The Morgan fingerprint density at radius 2 is 2.00 bits per heavy atom. The maximum atomic E-state index is 13.2. The van der Waals surface area contributed by atoms with Crippen molar-refractivity contribution in [2.45, 2.75) is 0 Å². The summed E-state index contributed by atoms with van der Waals surface area (Å²) in [6.07, 6.45) is 0. The van der Waals surface area contributed by atoms with E-state index in [0.717, 1.165) is 0 Å². The summed E-state index contributed by atoms with van der Waals surface area (Å²) < 4.78 is 18.3. The molecule has 0 aliphatic heterocycles. The van der Waals surface area contributed by atoms with Gasteiger partial charge in [-0.05, 0) is 30.3 Å². The van der Waals surface area contributed by atoms with Gasteiger partial charge < -0.3 is 15.4 Å². The second-order valence-electron chi connectivity index (χ2n) is 4.34. The molecule has 4 nitrogen and oxygen atoms in total. The number of carbonyl (C=O) groups is 1. The minimum atomic E-state index is -0.396. The van der Waals surface area contributed by atoms with Crippen molar-refractivity contribution in [3.8, 4) is 5.75 Å². The van der Waals surface area contributed by atoms with E-state index in [2.05, 4.69) is 0 Å². The van der Waals surface area contributed by atoms with Crippen molar-refractivity contribution in [2.75, 3.05) is 24.8 Å². The van der Waals surface area contributed by atoms with Crippen molar-refractivity contribution >= 4 is 17.3 Å². The molecule has 0 saturated carbocycles. The van der Waals surface area contributed by atoms with Crippen LogP contribution in [0.25, 0.3) is 0 Å². The predicted molar refractivity (Wildman–Crippen MR) is 76.5 cm³/mol. The van der Waals surface area contributed by atoms with Crippen LogP contribution in [0, 0.1) is 5.82 Å². The molecule has 5 heteroatoms. The van der Waals surface area contributed by atoms with Crippen molar-refractivity contribution in [1.29, 1.82) is 0 Å². The molecular weight excluding hydrogens is 259 g/mol. The number of methoxy groups -OCH3 is 1. The second kappa shape index (κ2) is 5.61. The van der Waals surface area contributed by atoms with Crippen LogP contribution in [0.1, 0.15) is 10.4 Å². The number of hydrogen-bond acceptors (Lipinski definition) is 3. The smallest absolute Gasteiger partial charge is 0.258 e. The number of nitrogen functional groups attached to an aromatic ring is 1. The topological polar surface area (TPSA) is 55.6 Å². The molecule has 104 valence electrons. The third-order valence-corrected chi connectivity index (χ3v) is 2.91. The molecule has 0 bridgehead atoms. The zero-order valence-electron chi connectivity index (χ0n) is 11.3. The fourth-order valence-corrected chi connectivity index (χ4v) is 1.86. The number of ether oxygens (including phenoxy) is 1. The number of hydrogen-bond donors (Lipinski definition) is 1. The Kier molecular flexibility index (Phi) is 3.89. The van der Waals surface area contributed by atoms with Crippen molar-refractivity contribution in [3.63, 3.8) is 0 Å². The predicted octanol–water partition coefficient (Wildman–Crippen LogP) is 2.69. The summed E-state index contributed by atoms with van der Waals surface area (Å²) in [5, 5.41) is 0. The molecule has 0 saturated heterocycles. The maximum absolute atomic E-state index is 13.2. The Hall–Kier alpha value is -2.56. The molecule has 2 N–H and O–H groups in total. The maximum Gasteiger partial charge on any atom is 0.258 e. The molecule has 0 aliphatic rings. The molecule has 0 aliphatic carbocycles. The zero-order valence-corrected chi connectivity index (χ0v) is 11.3. The third-order valence-electron chi connectivity index (χ3n) is 2.91. The van der Waals surface area contributed by atoms with E-state index < -0.39 is 5.82 Å². The fourth-order valence-electron chi connectivity index (χ4n) is 1.86. The van der Waals surface area contributed by atoms with Gasteiger partial charge >= 0.3 is 0 Å². The highest BCUT2D eigenvalue weighted by molar-refractivity contribution is 6.06. The zero-order chi connectivity index (χ0) is 14.7. The van der Waals surface area contributed by atoms with Crippen molar-refractivity contribution in [2.24, 2.45) is 0 Å². The summed E-state index contributed by atoms with van der Waals surface area (Å²) >= 11 is 0. The first-order chi connectivity index (χ1) is 9.51. The van der Waals surface area contributed by atoms with Gasteiger partial charge in [-0.3, -0.25) is 4.79 Å². The first kappa shape index (κ1) is 13.9. The van der Waals surface area contributed by atoms with E-state index in [1.807, 2.05) is 0 Å². The molecule has 1 amide bonds. The minimum Gasteiger partial charge on any atom is -0.497 e. The van der Waals surface area contributed by atoms with Crippen LogP contribution in [-0.2, 0) is 0 Å². The largest absolute Gasteiger partial charge is 0.497 e. The van der Waals surface area contributed by atoms with E-state index in [9.17, 15) is 9.18 Å². The Morgan fingerprint density at radius 1 is 1.25 bits per heavy atom. The highest BCUT2D eigenvalue weighted by Crippen LogP contribution is 2.22. The molecule has 2 rings (SSSR count). The van der Waals surface area contributed by atoms with Crippen LogP contribution in [-0.4, -0.2) is 20.1 Å². The summed E-state index contributed by atoms with van der Waals surface area (Å²) in [5.74, 6) is -0.186. The van der Waals surface area contributed by atoms with Gasteiger partial charge in [-0.2, -0.15) is 0 Å². The van der Waals surface area contributed by atoms with Gasteiger partial charge in [0.1, 0.15) is 11.6 Å². The Labute approximate surface area is 116 Å². The van der Waals surface area contributed by atoms with E-state index in [-0.39, 0.29) is 5.91 Å². The summed E-state index contributed by atoms with van der Waals surface area (Å²) in [4.78, 5) is 13.7. The van der Waals surface area contributed by atoms with E-state index in [4.69, 9.17) is 10.5 Å². The average Bonchev–Trinajstić information content (AvgIpc) is 2.45. The standard InChI is InChI=1S/C15H15FN2O2/c1-18(13-5-3-4-11(16)8-13)15(19)10-6-12(17)9-14(7-10)20-2/h3-9H,17H2,1-2H3. The van der Waals surface area contributed by atoms with Gasteiger partial charge in [-0.25, -0.2) is 4.39 Å². The summed E-state index contributed by atoms with van der Waals surface area (Å²) in [6, 6.07) is 10.6. The van der Waals surface area contributed by atoms with Gasteiger partial charge in [-0.15, -0.1) is 0 Å². The molecule has 0 heterocycles. The first-order valence-corrected chi connectivity index (χ1v) is 5.99. The molecular formula is C15H15FN2O2. The highest BCUT2D eigenvalue weighted by Gasteiger charge is 2.15. The molecule has 0 aromatic heterocycles. The number of halogens is 1. The minimum absolute atomic E-state index is 0.291. The number of benzene rings is 2. The molecule has 20 heavy (non-hydrogen) atoms. The van der Waals surface area contributed by atoms with Crippen molar-refractivity contribution in [3.05, 3.63) is 53.8 Å². The molecule has 0 fully saturated rings. The van der Waals surface area contributed by atoms with E-state index in [1.54, 1.807) is 37.4 Å². The van der Waals surface area contributed by atoms with E-state index >= 15 is 0 Å². The van der Waals surface area contributed by atoms with Gasteiger partial charge in [0.2, 0.25) is 0 Å². The molecule has 2 aromatic rings. The van der Waals surface area contributed by atoms with Gasteiger partial charge in [0.15, 0.2) is 0 Å². The van der Waals surface area contributed by atoms with Crippen LogP contribution in [0.5, 0.6) is 5.75 Å². The lowest BCUT2D eigenvalue weighted by atomic mass is 10.1. The lowest BCUT2D eigenvalue weighted by molar-refractivity contribution is 0.0992. The number of nitrogens with zero attached hydrogens (tertiary/aromatic N) is 1. The second-order valence-corrected chi connectivity index (χ2v) is 4.34. The molecule has 0 unspecified atom stereocenters. The normalized spacial score (nSPS) is 10.2. The lowest BCUT2D eigenvalue weighted by Crippen LogP contribution is -2.26. The third kappa shape index (κ3) is 2.88. The van der Waals surface area contributed by atoms with Crippen LogP contribution in [0.2, 0.25) is 0 Å². The van der Waals surface area contributed by atoms with Crippen molar-refractivity contribution in [1.82, 2.24) is 0 Å². The van der Waals surface area contributed by atoms with Crippen LogP contribution in [0.4, 0.5) is 15.8 Å².